The second kappa shape index (κ2) is 14.4. The Kier molecular flexibility index (Phi) is 10.5. The molecule has 0 radical (unpaired) electrons. The number of methoxy groups -OCH3 is 4. The number of carbonyl (C=O) groups is 2. The number of primary amides is 1. The van der Waals surface area contributed by atoms with E-state index in [4.69, 9.17) is 24.7 Å². The van der Waals surface area contributed by atoms with Crippen LogP contribution in [0.1, 0.15) is 55.4 Å². The number of amides is 2. The lowest BCUT2D eigenvalue weighted by Gasteiger charge is -2.52. The minimum absolute atomic E-state index is 0.254. The topological polar surface area (TPSA) is 141 Å². The molecular formula is C40H46N2O8. The zero-order valence-corrected chi connectivity index (χ0v) is 29.4. The van der Waals surface area contributed by atoms with Crippen LogP contribution in [0, 0.1) is 5.41 Å². The standard InChI is InChI=1S/C40H46N2O8/c1-26(39(45,28-8-16-32(47-3)17-9-28)29-10-18-33(48-4)19-11-29)42(37(44)38(36(41)43)24-7-25-38)27(2)40(46,30-12-20-34(49-5)21-13-30)31-14-22-35(50-6)23-15-31/h8-23,26-27,45-46H,7,24-25H2,1-6H3,(H2,41,43)/t26-,27-/m1/s1. The first kappa shape index (κ1) is 36.2. The third-order valence-corrected chi connectivity index (χ3v) is 10.5. The van der Waals surface area contributed by atoms with Gasteiger partial charge in [-0.25, -0.2) is 0 Å². The molecule has 5 rings (SSSR count). The van der Waals surface area contributed by atoms with Crippen LogP contribution in [-0.4, -0.2) is 67.5 Å². The summed E-state index contributed by atoms with van der Waals surface area (Å²) in [6.07, 6.45) is 1.14. The summed E-state index contributed by atoms with van der Waals surface area (Å²) in [5.74, 6) is 1.00. The molecule has 0 heterocycles. The third kappa shape index (κ3) is 6.14. The predicted octanol–water partition coefficient (Wildman–Crippen LogP) is 5.15. The molecule has 0 unspecified atom stereocenters. The van der Waals surface area contributed by atoms with Crippen LogP contribution in [0.2, 0.25) is 0 Å². The van der Waals surface area contributed by atoms with E-state index in [1.807, 2.05) is 0 Å². The van der Waals surface area contributed by atoms with Gasteiger partial charge >= 0.3 is 0 Å². The van der Waals surface area contributed by atoms with Crippen molar-refractivity contribution in [1.29, 1.82) is 0 Å². The van der Waals surface area contributed by atoms with Crippen molar-refractivity contribution in [2.24, 2.45) is 11.1 Å². The van der Waals surface area contributed by atoms with Crippen LogP contribution in [0.5, 0.6) is 23.0 Å². The monoisotopic (exact) mass is 682 g/mol. The fourth-order valence-corrected chi connectivity index (χ4v) is 7.11. The molecule has 264 valence electrons. The van der Waals surface area contributed by atoms with Gasteiger partial charge in [-0.05, 0) is 97.5 Å². The van der Waals surface area contributed by atoms with Crippen molar-refractivity contribution in [3.05, 3.63) is 119 Å². The van der Waals surface area contributed by atoms with Crippen molar-refractivity contribution < 1.29 is 38.7 Å². The van der Waals surface area contributed by atoms with Crippen molar-refractivity contribution >= 4 is 11.8 Å². The van der Waals surface area contributed by atoms with E-state index >= 15 is 4.79 Å². The minimum Gasteiger partial charge on any atom is -0.497 e. The summed E-state index contributed by atoms with van der Waals surface area (Å²) >= 11 is 0. The van der Waals surface area contributed by atoms with Gasteiger partial charge in [-0.2, -0.15) is 0 Å². The number of carbonyl (C=O) groups excluding carboxylic acids is 2. The summed E-state index contributed by atoms with van der Waals surface area (Å²) in [6, 6.07) is 25.6. The number of benzene rings is 4. The Balaban J connectivity index is 1.78. The SMILES string of the molecule is COc1ccc(C(O)(c2ccc(OC)cc2)[C@@H](C)N(C(=O)C2(C(N)=O)CCC2)[C@H](C)C(O)(c2ccc(OC)cc2)c2ccc(OC)cc2)cc1. The average molecular weight is 683 g/mol. The van der Waals surface area contributed by atoms with Gasteiger partial charge in [0.2, 0.25) is 11.8 Å². The largest absolute Gasteiger partial charge is 0.497 e. The van der Waals surface area contributed by atoms with Crippen LogP contribution in [0.25, 0.3) is 0 Å². The van der Waals surface area contributed by atoms with Gasteiger partial charge in [0.25, 0.3) is 0 Å². The third-order valence-electron chi connectivity index (χ3n) is 10.5. The molecule has 0 aliphatic heterocycles. The first-order valence-corrected chi connectivity index (χ1v) is 16.6. The Morgan fingerprint density at radius 2 is 0.860 bits per heavy atom. The molecule has 2 amide bonds. The minimum atomic E-state index is -1.87. The Labute approximate surface area is 293 Å². The van der Waals surface area contributed by atoms with Crippen LogP contribution in [0.3, 0.4) is 0 Å². The lowest BCUT2D eigenvalue weighted by molar-refractivity contribution is -0.170. The molecule has 1 fully saturated rings. The molecule has 50 heavy (non-hydrogen) atoms. The summed E-state index contributed by atoms with van der Waals surface area (Å²) < 4.78 is 21.6. The fraction of sp³-hybridized carbons (Fsp3) is 0.350. The Bertz CT molecular complexity index is 1560. The van der Waals surface area contributed by atoms with Gasteiger partial charge in [-0.3, -0.25) is 9.59 Å². The number of ether oxygens (including phenoxy) is 4. The quantitative estimate of drug-likeness (QED) is 0.155. The molecule has 4 N–H and O–H groups in total. The number of aliphatic hydroxyl groups is 2. The molecule has 4 aromatic carbocycles. The lowest BCUT2D eigenvalue weighted by Crippen LogP contribution is -2.66. The highest BCUT2D eigenvalue weighted by Crippen LogP contribution is 2.48. The molecule has 10 heteroatoms. The van der Waals surface area contributed by atoms with Gasteiger partial charge < -0.3 is 39.8 Å². The molecule has 4 aromatic rings. The highest BCUT2D eigenvalue weighted by atomic mass is 16.5. The Hall–Kier alpha value is -5.06. The van der Waals surface area contributed by atoms with Crippen molar-refractivity contribution in [3.8, 4) is 23.0 Å². The van der Waals surface area contributed by atoms with Crippen LogP contribution in [0.4, 0.5) is 0 Å². The smallest absolute Gasteiger partial charge is 0.238 e. The maximum absolute atomic E-state index is 15.1. The van der Waals surface area contributed by atoms with Crippen molar-refractivity contribution in [3.63, 3.8) is 0 Å². The molecule has 0 saturated heterocycles. The number of hydrogen-bond acceptors (Lipinski definition) is 8. The van der Waals surface area contributed by atoms with E-state index in [0.717, 1.165) is 0 Å². The average Bonchev–Trinajstić information content (AvgIpc) is 3.13. The zero-order chi connectivity index (χ0) is 36.3. The molecular weight excluding hydrogens is 636 g/mol. The highest BCUT2D eigenvalue weighted by Gasteiger charge is 2.58. The van der Waals surface area contributed by atoms with Crippen molar-refractivity contribution in [2.75, 3.05) is 28.4 Å². The fourth-order valence-electron chi connectivity index (χ4n) is 7.11. The van der Waals surface area contributed by atoms with E-state index in [1.165, 1.54) is 4.90 Å². The lowest BCUT2D eigenvalue weighted by atomic mass is 9.65. The molecule has 2 atom stereocenters. The van der Waals surface area contributed by atoms with E-state index in [9.17, 15) is 15.0 Å². The first-order chi connectivity index (χ1) is 23.9. The molecule has 0 spiro atoms. The molecule has 0 aromatic heterocycles. The molecule has 1 aliphatic rings. The second-order valence-electron chi connectivity index (χ2n) is 12.8. The molecule has 0 bridgehead atoms. The van der Waals surface area contributed by atoms with Crippen molar-refractivity contribution in [2.45, 2.75) is 56.4 Å². The van der Waals surface area contributed by atoms with E-state index < -0.39 is 40.5 Å². The maximum Gasteiger partial charge on any atom is 0.238 e. The van der Waals surface area contributed by atoms with E-state index in [2.05, 4.69) is 0 Å². The number of nitrogens with zero attached hydrogens (tertiary/aromatic N) is 1. The highest BCUT2D eigenvalue weighted by molar-refractivity contribution is 6.05. The normalized spacial score (nSPS) is 15.2. The summed E-state index contributed by atoms with van der Waals surface area (Å²) in [6.45, 7) is 3.44. The van der Waals surface area contributed by atoms with Crippen LogP contribution < -0.4 is 24.7 Å². The summed E-state index contributed by atoms with van der Waals surface area (Å²) in [5.41, 5.74) is 2.58. The van der Waals surface area contributed by atoms with Crippen LogP contribution in [0.15, 0.2) is 97.1 Å². The first-order valence-electron chi connectivity index (χ1n) is 16.6. The number of nitrogens with two attached hydrogens (primary N) is 1. The van der Waals surface area contributed by atoms with Crippen molar-refractivity contribution in [1.82, 2.24) is 4.90 Å². The van der Waals surface area contributed by atoms with Gasteiger partial charge in [-0.15, -0.1) is 0 Å². The number of rotatable bonds is 14. The Morgan fingerprint density at radius 1 is 0.600 bits per heavy atom. The van der Waals surface area contributed by atoms with Gasteiger partial charge in [0.1, 0.15) is 39.6 Å². The van der Waals surface area contributed by atoms with Gasteiger partial charge in [0.15, 0.2) is 0 Å². The number of hydrogen-bond donors (Lipinski definition) is 3. The van der Waals surface area contributed by atoms with Gasteiger partial charge in [0.05, 0.1) is 40.5 Å². The molecule has 1 saturated carbocycles. The van der Waals surface area contributed by atoms with Crippen LogP contribution in [-0.2, 0) is 20.8 Å². The van der Waals surface area contributed by atoms with Gasteiger partial charge in [0, 0.05) is 0 Å². The van der Waals surface area contributed by atoms with E-state index in [1.54, 1.807) is 139 Å². The predicted molar refractivity (Wildman–Crippen MR) is 189 cm³/mol. The van der Waals surface area contributed by atoms with E-state index in [-0.39, 0.29) is 12.8 Å². The maximum atomic E-state index is 15.1. The summed E-state index contributed by atoms with van der Waals surface area (Å²) in [4.78, 5) is 29.7. The summed E-state index contributed by atoms with van der Waals surface area (Å²) in [7, 11) is 6.21. The van der Waals surface area contributed by atoms with Crippen LogP contribution >= 0.6 is 0 Å². The summed E-state index contributed by atoms with van der Waals surface area (Å²) in [5, 5.41) is 26.3. The zero-order valence-electron chi connectivity index (χ0n) is 29.4. The molecule has 1 aliphatic carbocycles. The second-order valence-corrected chi connectivity index (χ2v) is 12.8. The van der Waals surface area contributed by atoms with Gasteiger partial charge in [-0.1, -0.05) is 55.0 Å². The van der Waals surface area contributed by atoms with E-state index in [0.29, 0.717) is 51.7 Å². The molecule has 10 nitrogen and oxygen atoms in total. The Morgan fingerprint density at radius 3 is 1.04 bits per heavy atom.